The van der Waals surface area contributed by atoms with Crippen LogP contribution in [0.1, 0.15) is 20.1 Å². The summed E-state index contributed by atoms with van der Waals surface area (Å²) in [6.07, 6.45) is -5.29. The monoisotopic (exact) mass is 171 g/mol. The molecule has 0 saturated heterocycles. The molecule has 11 heavy (non-hydrogen) atoms. The predicted octanol–water partition coefficient (Wildman–Crippen LogP) is -1.81. The van der Waals surface area contributed by atoms with Crippen LogP contribution in [0, 0.1) is 0 Å². The second-order valence-electron chi connectivity index (χ2n) is 1.92. The van der Waals surface area contributed by atoms with Crippen LogP contribution in [0.15, 0.2) is 0 Å². The maximum Gasteiger partial charge on any atom is 0.108 e. The third-order valence-corrected chi connectivity index (χ3v) is 0.632. The van der Waals surface area contributed by atoms with Crippen molar-refractivity contribution in [2.24, 2.45) is 0 Å². The number of carbonyl (C=O) groups excluding carboxylic acids is 1. The molecule has 0 amide bonds. The van der Waals surface area contributed by atoms with E-state index >= 15 is 0 Å². The standard InChI is InChI=1S/C7H15NO3/c1-8(2,3)5-6(9)4-7(10)11/h6,9H,4-5H2,1-3H3/i1D,2D3,3D3,5D2,6D. The molecule has 66 valence electrons. The van der Waals surface area contributed by atoms with Crippen LogP contribution >= 0.6 is 0 Å². The topological polar surface area (TPSA) is 60.4 Å². The summed E-state index contributed by atoms with van der Waals surface area (Å²) < 4.78 is 70.6. The number of carbonyl (C=O) groups is 1. The number of aliphatic hydroxyl groups is 1. The highest BCUT2D eigenvalue weighted by Gasteiger charge is 2.14. The van der Waals surface area contributed by atoms with Crippen molar-refractivity contribution in [3.8, 4) is 0 Å². The van der Waals surface area contributed by atoms with E-state index in [1.54, 1.807) is 0 Å². The lowest BCUT2D eigenvalue weighted by Crippen LogP contribution is -2.43. The number of carboxylic acid groups (broad SMARTS) is 1. The molecule has 0 spiro atoms. The first-order valence-corrected chi connectivity index (χ1v) is 2.58. The van der Waals surface area contributed by atoms with Crippen LogP contribution < -0.4 is 5.11 Å². The minimum atomic E-state index is -3.81. The molecule has 0 rings (SSSR count). The normalized spacial score (nSPS) is 34.3. The Hall–Kier alpha value is -0.610. The summed E-state index contributed by atoms with van der Waals surface area (Å²) >= 11 is 0. The molecule has 0 aromatic rings. The van der Waals surface area contributed by atoms with Gasteiger partial charge >= 0.3 is 0 Å². The van der Waals surface area contributed by atoms with Gasteiger partial charge in [-0.25, -0.2) is 0 Å². The second-order valence-corrected chi connectivity index (χ2v) is 1.92. The van der Waals surface area contributed by atoms with Crippen molar-refractivity contribution >= 4 is 5.97 Å². The van der Waals surface area contributed by atoms with Crippen LogP contribution in [0.2, 0.25) is 0 Å². The number of carboxylic acids is 1. The van der Waals surface area contributed by atoms with Crippen LogP contribution in [0.25, 0.3) is 0 Å². The zero-order valence-electron chi connectivity index (χ0n) is 15.6. The average Bonchev–Trinajstić information content (AvgIpc) is 2.10. The maximum absolute atomic E-state index is 10.5. The predicted molar refractivity (Wildman–Crippen MR) is 38.5 cm³/mol. The first-order chi connectivity index (χ1) is 8.98. The first-order valence-electron chi connectivity index (χ1n) is 7.78. The summed E-state index contributed by atoms with van der Waals surface area (Å²) in [6.45, 7) is -11.1. The Labute approximate surface area is 80.7 Å². The molecule has 0 aliphatic heterocycles. The number of quaternary nitrogens is 1. The van der Waals surface area contributed by atoms with Gasteiger partial charge in [-0.15, -0.1) is 0 Å². The van der Waals surface area contributed by atoms with Crippen LogP contribution in [0.4, 0.5) is 0 Å². The van der Waals surface area contributed by atoms with Crippen molar-refractivity contribution in [1.82, 2.24) is 0 Å². The molecule has 0 fully saturated rings. The molecular weight excluding hydrogens is 146 g/mol. The van der Waals surface area contributed by atoms with Crippen LogP contribution in [-0.2, 0) is 4.79 Å². The Kier molecular flexibility index (Phi) is 0.817. The summed E-state index contributed by atoms with van der Waals surface area (Å²) in [4.78, 5) is 10.5. The van der Waals surface area contributed by atoms with E-state index in [2.05, 4.69) is 0 Å². The van der Waals surface area contributed by atoms with Gasteiger partial charge in [0.2, 0.25) is 0 Å². The summed E-state index contributed by atoms with van der Waals surface area (Å²) in [5.74, 6) is -2.07. The number of aliphatic carboxylic acids is 1. The Morgan fingerprint density at radius 2 is 2.64 bits per heavy atom. The zero-order valence-corrected chi connectivity index (χ0v) is 5.63. The van der Waals surface area contributed by atoms with Gasteiger partial charge in [0.25, 0.3) is 0 Å². The Morgan fingerprint density at radius 1 is 2.00 bits per heavy atom. The number of likely N-dealkylation sites (N-methyl/N-ethyl adjacent to an activating group) is 1. The summed E-state index contributed by atoms with van der Waals surface area (Å²) in [6, 6.07) is 0. The van der Waals surface area contributed by atoms with E-state index in [-0.39, 0.29) is 0 Å². The molecule has 0 radical (unpaired) electrons. The lowest BCUT2D eigenvalue weighted by molar-refractivity contribution is -0.873. The van der Waals surface area contributed by atoms with Crippen molar-refractivity contribution in [3.05, 3.63) is 0 Å². The highest BCUT2D eigenvalue weighted by molar-refractivity contribution is 5.64. The average molecular weight is 171 g/mol. The molecule has 1 N–H and O–H groups in total. The molecule has 0 aliphatic carbocycles. The SMILES string of the molecule is [2H]C[N+](C([2H])([2H])[2H])(C([2H])([2H])[2H])C([2H])([2H])C([2H])(O)CC(=O)[O-]. The van der Waals surface area contributed by atoms with Gasteiger partial charge in [-0.05, 0) is 0 Å². The molecule has 4 heteroatoms. The number of hydrogen-bond donors (Lipinski definition) is 1. The molecule has 0 bridgehead atoms. The fourth-order valence-electron chi connectivity index (χ4n) is 0.397. The second kappa shape index (κ2) is 3.69. The van der Waals surface area contributed by atoms with E-state index in [1.807, 2.05) is 0 Å². The largest absolute Gasteiger partial charge is 0.550 e. The van der Waals surface area contributed by atoms with Crippen molar-refractivity contribution in [1.29, 1.82) is 0 Å². The van der Waals surface area contributed by atoms with Crippen molar-refractivity contribution < 1.29 is 33.2 Å². The smallest absolute Gasteiger partial charge is 0.108 e. The van der Waals surface area contributed by atoms with Gasteiger partial charge in [0, 0.05) is 12.4 Å². The van der Waals surface area contributed by atoms with E-state index < -0.39 is 50.4 Å². The molecule has 4 nitrogen and oxygen atoms in total. The van der Waals surface area contributed by atoms with Gasteiger partial charge in [0.1, 0.15) is 12.6 Å². The third kappa shape index (κ3) is 7.29. The van der Waals surface area contributed by atoms with Gasteiger partial charge in [-0.3, -0.25) is 0 Å². The van der Waals surface area contributed by atoms with E-state index in [9.17, 15) is 15.0 Å². The first kappa shape index (κ1) is 2.44. The third-order valence-electron chi connectivity index (χ3n) is 0.632. The molecular formula is C7H15NO3. The van der Waals surface area contributed by atoms with Crippen LogP contribution in [-0.4, -0.2) is 49.1 Å². The highest BCUT2D eigenvalue weighted by atomic mass is 16.4. The molecule has 0 aromatic heterocycles. The number of nitrogens with zero attached hydrogens (tertiary/aromatic N) is 1. The Bertz CT molecular complexity index is 386. The number of rotatable bonds is 4. The van der Waals surface area contributed by atoms with Crippen LogP contribution in [0.3, 0.4) is 0 Å². The van der Waals surface area contributed by atoms with E-state index in [0.717, 1.165) is 0 Å². The summed E-state index contributed by atoms with van der Waals surface area (Å²) in [7, 11) is -1.58. The molecule has 1 unspecified atom stereocenters. The Balaban J connectivity index is 6.37. The van der Waals surface area contributed by atoms with Gasteiger partial charge in [0.15, 0.2) is 0 Å². The minimum absolute atomic E-state index is 1.58. The molecule has 0 heterocycles. The quantitative estimate of drug-likeness (QED) is 0.507. The summed E-state index contributed by atoms with van der Waals surface area (Å²) in [5.41, 5.74) is 0. The van der Waals surface area contributed by atoms with E-state index in [1.165, 1.54) is 0 Å². The van der Waals surface area contributed by atoms with Crippen molar-refractivity contribution in [2.45, 2.75) is 12.5 Å². The molecule has 1 atom stereocenters. The van der Waals surface area contributed by atoms with Crippen LogP contribution in [0.5, 0.6) is 0 Å². The summed E-state index contributed by atoms with van der Waals surface area (Å²) in [5, 5.41) is 20.2. The number of hydrogen-bond acceptors (Lipinski definition) is 3. The maximum atomic E-state index is 10.5. The molecule has 0 aliphatic rings. The minimum Gasteiger partial charge on any atom is -0.550 e. The Morgan fingerprint density at radius 3 is 3.00 bits per heavy atom. The lowest BCUT2D eigenvalue weighted by atomic mass is 10.2. The fourth-order valence-corrected chi connectivity index (χ4v) is 0.397. The van der Waals surface area contributed by atoms with E-state index in [4.69, 9.17) is 13.7 Å². The highest BCUT2D eigenvalue weighted by Crippen LogP contribution is 1.97. The molecule has 0 saturated carbocycles. The van der Waals surface area contributed by atoms with Gasteiger partial charge in [0.05, 0.1) is 34.7 Å². The van der Waals surface area contributed by atoms with E-state index in [0.29, 0.717) is 0 Å². The van der Waals surface area contributed by atoms with Gasteiger partial charge in [-0.1, -0.05) is 0 Å². The lowest BCUT2D eigenvalue weighted by Gasteiger charge is -2.26. The van der Waals surface area contributed by atoms with Crippen molar-refractivity contribution in [3.63, 3.8) is 0 Å². The van der Waals surface area contributed by atoms with Gasteiger partial charge < -0.3 is 19.5 Å². The molecule has 0 aromatic carbocycles. The fraction of sp³-hybridized carbons (Fsp3) is 0.857. The zero-order chi connectivity index (χ0) is 17.5. The van der Waals surface area contributed by atoms with Crippen molar-refractivity contribution in [2.75, 3.05) is 27.5 Å². The van der Waals surface area contributed by atoms with Gasteiger partial charge in [-0.2, -0.15) is 0 Å².